The van der Waals surface area contributed by atoms with Crippen LogP contribution in [-0.4, -0.2) is 25.7 Å². The number of hydrogen-bond donors (Lipinski definition) is 0. The van der Waals surface area contributed by atoms with Gasteiger partial charge in [0, 0.05) is 22.9 Å². The van der Waals surface area contributed by atoms with Crippen LogP contribution in [0.4, 0.5) is 0 Å². The minimum Gasteiger partial charge on any atom is -0.490 e. The van der Waals surface area contributed by atoms with Crippen LogP contribution in [0, 0.1) is 0 Å². The second kappa shape index (κ2) is 10.1. The predicted octanol–water partition coefficient (Wildman–Crippen LogP) is 6.01. The number of fused-ring (bicyclic) bond motifs is 3. The minimum absolute atomic E-state index is 0.272. The first kappa shape index (κ1) is 22.9. The molecule has 0 amide bonds. The Hall–Kier alpha value is -4.32. The smallest absolute Gasteiger partial charge is 0.335 e. The van der Waals surface area contributed by atoms with E-state index in [4.69, 9.17) is 18.6 Å². The van der Waals surface area contributed by atoms with E-state index < -0.39 is 11.9 Å². The Balaban J connectivity index is 1.57. The third-order valence-corrected chi connectivity index (χ3v) is 5.45. The molecule has 0 aliphatic rings. The molecule has 1 heterocycles. The van der Waals surface area contributed by atoms with Crippen LogP contribution in [0.15, 0.2) is 84.3 Å². The van der Waals surface area contributed by atoms with E-state index in [1.807, 2.05) is 24.3 Å². The highest BCUT2D eigenvalue weighted by atomic mass is 16.6. The van der Waals surface area contributed by atoms with Gasteiger partial charge in [-0.2, -0.15) is 0 Å². The van der Waals surface area contributed by atoms with Crippen molar-refractivity contribution >= 4 is 33.9 Å². The zero-order chi connectivity index (χ0) is 24.1. The molecule has 0 aliphatic heterocycles. The molecule has 0 spiro atoms. The maximum atomic E-state index is 11.6. The number of methoxy groups -OCH3 is 1. The van der Waals surface area contributed by atoms with Crippen molar-refractivity contribution in [3.05, 3.63) is 85.5 Å². The van der Waals surface area contributed by atoms with Crippen LogP contribution in [0.1, 0.15) is 12.0 Å². The number of esters is 2. The molecule has 0 unspecified atom stereocenters. The molecule has 0 radical (unpaired) electrons. The third kappa shape index (κ3) is 4.71. The summed E-state index contributed by atoms with van der Waals surface area (Å²) in [6.07, 6.45) is 3.82. The lowest BCUT2D eigenvalue weighted by molar-refractivity contribution is -0.137. The van der Waals surface area contributed by atoms with Crippen molar-refractivity contribution in [2.45, 2.75) is 12.8 Å². The molecule has 34 heavy (non-hydrogen) atoms. The maximum absolute atomic E-state index is 11.6. The highest BCUT2D eigenvalue weighted by Gasteiger charge is 2.18. The molecule has 0 N–H and O–H groups in total. The zero-order valence-electron chi connectivity index (χ0n) is 18.8. The fraction of sp³-hybridized carbons (Fsp3) is 0.143. The first-order valence-corrected chi connectivity index (χ1v) is 10.8. The van der Waals surface area contributed by atoms with Gasteiger partial charge in [0.2, 0.25) is 5.75 Å². The van der Waals surface area contributed by atoms with Gasteiger partial charge in [0.05, 0.1) is 13.7 Å². The molecule has 0 saturated carbocycles. The van der Waals surface area contributed by atoms with Crippen molar-refractivity contribution in [3.63, 3.8) is 0 Å². The number of carbonyl (C=O) groups is 2. The van der Waals surface area contributed by atoms with Gasteiger partial charge in [0.15, 0.2) is 11.3 Å². The van der Waals surface area contributed by atoms with E-state index in [1.54, 1.807) is 6.07 Å². The molecular formula is C28H24O6. The summed E-state index contributed by atoms with van der Waals surface area (Å²) in [6, 6.07) is 17.8. The molecule has 3 aromatic carbocycles. The summed E-state index contributed by atoms with van der Waals surface area (Å²) >= 11 is 0. The average molecular weight is 456 g/mol. The molecule has 1 aromatic heterocycles. The highest BCUT2D eigenvalue weighted by Crippen LogP contribution is 2.41. The van der Waals surface area contributed by atoms with Gasteiger partial charge < -0.3 is 18.6 Å². The van der Waals surface area contributed by atoms with Gasteiger partial charge in [-0.25, -0.2) is 9.59 Å². The van der Waals surface area contributed by atoms with E-state index in [2.05, 4.69) is 37.4 Å². The largest absolute Gasteiger partial charge is 0.490 e. The second-order valence-electron chi connectivity index (χ2n) is 7.58. The summed E-state index contributed by atoms with van der Waals surface area (Å²) in [6.45, 7) is 7.17. The van der Waals surface area contributed by atoms with Crippen LogP contribution in [0.2, 0.25) is 0 Å². The summed E-state index contributed by atoms with van der Waals surface area (Å²) in [5.41, 5.74) is 4.43. The number of carbonyl (C=O) groups excluding carboxylic acids is 2. The van der Waals surface area contributed by atoms with Crippen molar-refractivity contribution in [1.29, 1.82) is 0 Å². The number of rotatable bonds is 9. The summed E-state index contributed by atoms with van der Waals surface area (Å²) in [7, 11) is 1.50. The molecule has 0 aliphatic carbocycles. The SMILES string of the molecule is C=CC(=O)OCCCc1ccc(-c2ccc3c(c2)oc2c(OC)c(OC(=O)C=C)ccc23)cc1. The molecular weight excluding hydrogens is 432 g/mol. The lowest BCUT2D eigenvalue weighted by atomic mass is 10.0. The Bertz CT molecular complexity index is 1380. The number of benzene rings is 3. The monoisotopic (exact) mass is 456 g/mol. The van der Waals surface area contributed by atoms with Gasteiger partial charge in [0.25, 0.3) is 0 Å². The van der Waals surface area contributed by atoms with Crippen LogP contribution in [-0.2, 0) is 20.7 Å². The van der Waals surface area contributed by atoms with Crippen molar-refractivity contribution in [2.75, 3.05) is 13.7 Å². The first-order chi connectivity index (χ1) is 16.5. The van der Waals surface area contributed by atoms with Gasteiger partial charge in [-0.15, -0.1) is 0 Å². The average Bonchev–Trinajstić information content (AvgIpc) is 3.24. The molecule has 4 rings (SSSR count). The van der Waals surface area contributed by atoms with Gasteiger partial charge in [-0.05, 0) is 53.8 Å². The maximum Gasteiger partial charge on any atom is 0.335 e. The number of ether oxygens (including phenoxy) is 3. The van der Waals surface area contributed by atoms with Crippen LogP contribution in [0.5, 0.6) is 11.5 Å². The summed E-state index contributed by atoms with van der Waals surface area (Å²) < 4.78 is 21.9. The van der Waals surface area contributed by atoms with E-state index in [0.717, 1.165) is 46.4 Å². The van der Waals surface area contributed by atoms with Crippen molar-refractivity contribution < 1.29 is 28.2 Å². The van der Waals surface area contributed by atoms with Crippen LogP contribution < -0.4 is 9.47 Å². The van der Waals surface area contributed by atoms with Crippen molar-refractivity contribution in [2.24, 2.45) is 0 Å². The van der Waals surface area contributed by atoms with Gasteiger partial charge in [-0.1, -0.05) is 43.5 Å². The zero-order valence-corrected chi connectivity index (χ0v) is 18.8. The molecule has 4 aromatic rings. The normalized spacial score (nSPS) is 10.7. The summed E-state index contributed by atoms with van der Waals surface area (Å²) in [5.74, 6) is -0.345. The molecule has 0 fully saturated rings. The Labute approximate surface area is 197 Å². The Kier molecular flexibility index (Phi) is 6.78. The summed E-state index contributed by atoms with van der Waals surface area (Å²) in [4.78, 5) is 22.8. The van der Waals surface area contributed by atoms with E-state index >= 15 is 0 Å². The van der Waals surface area contributed by atoms with E-state index in [1.165, 1.54) is 13.2 Å². The molecule has 0 saturated heterocycles. The third-order valence-electron chi connectivity index (χ3n) is 5.45. The van der Waals surface area contributed by atoms with Crippen molar-refractivity contribution in [3.8, 4) is 22.6 Å². The fourth-order valence-corrected chi connectivity index (χ4v) is 3.77. The van der Waals surface area contributed by atoms with E-state index in [9.17, 15) is 9.59 Å². The molecule has 0 atom stereocenters. The topological polar surface area (TPSA) is 75.0 Å². The number of aryl methyl sites for hydroxylation is 1. The van der Waals surface area contributed by atoms with Crippen molar-refractivity contribution in [1.82, 2.24) is 0 Å². The molecule has 172 valence electrons. The standard InChI is InChI=1S/C28H24O6/c1-4-25(29)32-16-6-7-18-8-10-19(11-9-18)20-12-13-21-22-14-15-23(33-26(30)5-2)28(31-3)27(22)34-24(21)17-20/h4-5,8-15,17H,1-2,6-7,16H2,3H3. The number of furan rings is 1. The van der Waals surface area contributed by atoms with E-state index in [-0.39, 0.29) is 5.75 Å². The first-order valence-electron chi connectivity index (χ1n) is 10.8. The Morgan fingerprint density at radius 3 is 2.32 bits per heavy atom. The van der Waals surface area contributed by atoms with Gasteiger partial charge in [-0.3, -0.25) is 0 Å². The van der Waals surface area contributed by atoms with Gasteiger partial charge in [0.1, 0.15) is 5.58 Å². The van der Waals surface area contributed by atoms with Crippen LogP contribution >= 0.6 is 0 Å². The minimum atomic E-state index is -0.572. The predicted molar refractivity (Wildman–Crippen MR) is 131 cm³/mol. The quantitative estimate of drug-likeness (QED) is 0.133. The fourth-order valence-electron chi connectivity index (χ4n) is 3.77. The second-order valence-corrected chi connectivity index (χ2v) is 7.58. The Morgan fingerprint density at radius 2 is 1.62 bits per heavy atom. The molecule has 0 bridgehead atoms. The van der Waals surface area contributed by atoms with Crippen LogP contribution in [0.3, 0.4) is 0 Å². The number of hydrogen-bond acceptors (Lipinski definition) is 6. The molecule has 6 heteroatoms. The van der Waals surface area contributed by atoms with Crippen LogP contribution in [0.25, 0.3) is 33.1 Å². The molecule has 6 nitrogen and oxygen atoms in total. The van der Waals surface area contributed by atoms with E-state index in [0.29, 0.717) is 23.5 Å². The van der Waals surface area contributed by atoms with Gasteiger partial charge >= 0.3 is 11.9 Å². The lowest BCUT2D eigenvalue weighted by Crippen LogP contribution is -2.04. The lowest BCUT2D eigenvalue weighted by Gasteiger charge is -2.07. The summed E-state index contributed by atoms with van der Waals surface area (Å²) in [5, 5.41) is 1.80. The Morgan fingerprint density at radius 1 is 0.912 bits per heavy atom. The highest BCUT2D eigenvalue weighted by molar-refractivity contribution is 6.08.